The van der Waals surface area contributed by atoms with Gasteiger partial charge in [0.05, 0.1) is 21.4 Å². The smallest absolute Gasteiger partial charge is 0.264 e. The van der Waals surface area contributed by atoms with Crippen molar-refractivity contribution in [2.24, 2.45) is 0 Å². The molecule has 0 aliphatic rings. The Morgan fingerprint density at radius 1 is 1.10 bits per heavy atom. The Morgan fingerprint density at radius 3 is 2.38 bits per heavy atom. The van der Waals surface area contributed by atoms with Gasteiger partial charge in [-0.05, 0) is 49.2 Å². The van der Waals surface area contributed by atoms with Crippen molar-refractivity contribution < 1.29 is 8.42 Å². The van der Waals surface area contributed by atoms with Crippen LogP contribution in [0.4, 0.5) is 11.4 Å². The summed E-state index contributed by atoms with van der Waals surface area (Å²) in [6.07, 6.45) is 0. The van der Waals surface area contributed by atoms with Crippen molar-refractivity contribution in [1.29, 1.82) is 0 Å². The third-order valence-electron chi connectivity index (χ3n) is 3.11. The first-order chi connectivity index (χ1) is 9.72. The van der Waals surface area contributed by atoms with Gasteiger partial charge in [-0.3, -0.25) is 4.72 Å². The summed E-state index contributed by atoms with van der Waals surface area (Å²) in [6, 6.07) is 7.87. The second kappa shape index (κ2) is 5.75. The minimum Gasteiger partial charge on any atom is -0.398 e. The minimum absolute atomic E-state index is 0.0154. The van der Waals surface area contributed by atoms with Crippen LogP contribution in [0.5, 0.6) is 0 Å². The number of hydrogen-bond acceptors (Lipinski definition) is 3. The number of aryl methyl sites for hydroxylation is 2. The first-order valence-corrected chi connectivity index (χ1v) is 8.30. The highest BCUT2D eigenvalue weighted by Gasteiger charge is 2.20. The summed E-state index contributed by atoms with van der Waals surface area (Å²) < 4.78 is 27.3. The van der Waals surface area contributed by atoms with Gasteiger partial charge < -0.3 is 5.73 Å². The molecule has 0 fully saturated rings. The molecule has 2 aromatic carbocycles. The van der Waals surface area contributed by atoms with Crippen LogP contribution in [0, 0.1) is 13.8 Å². The van der Waals surface area contributed by atoms with E-state index in [2.05, 4.69) is 4.72 Å². The van der Waals surface area contributed by atoms with Gasteiger partial charge in [-0.1, -0.05) is 29.3 Å². The molecule has 0 amide bonds. The van der Waals surface area contributed by atoms with Gasteiger partial charge in [0.2, 0.25) is 0 Å². The van der Waals surface area contributed by atoms with Crippen LogP contribution < -0.4 is 10.5 Å². The quantitative estimate of drug-likeness (QED) is 0.826. The zero-order valence-electron chi connectivity index (χ0n) is 11.4. The molecule has 0 saturated heterocycles. The normalized spacial score (nSPS) is 11.4. The fraction of sp³-hybridized carbons (Fsp3) is 0.143. The molecule has 0 heterocycles. The van der Waals surface area contributed by atoms with Crippen LogP contribution >= 0.6 is 23.2 Å². The molecule has 0 radical (unpaired) electrons. The van der Waals surface area contributed by atoms with E-state index in [1.165, 1.54) is 12.1 Å². The Balaban J connectivity index is 2.48. The lowest BCUT2D eigenvalue weighted by molar-refractivity contribution is 0.601. The van der Waals surface area contributed by atoms with Crippen molar-refractivity contribution in [2.45, 2.75) is 18.7 Å². The van der Waals surface area contributed by atoms with Gasteiger partial charge in [-0.15, -0.1) is 0 Å². The van der Waals surface area contributed by atoms with Crippen molar-refractivity contribution >= 4 is 44.6 Å². The van der Waals surface area contributed by atoms with Crippen LogP contribution in [0.1, 0.15) is 11.1 Å². The second-order valence-corrected chi connectivity index (χ2v) is 7.12. The lowest BCUT2D eigenvalue weighted by Crippen LogP contribution is -2.15. The number of anilines is 2. The topological polar surface area (TPSA) is 72.2 Å². The van der Waals surface area contributed by atoms with E-state index in [1.54, 1.807) is 18.2 Å². The van der Waals surface area contributed by atoms with Gasteiger partial charge in [0.15, 0.2) is 0 Å². The molecule has 3 N–H and O–H groups in total. The Labute approximate surface area is 133 Å². The highest BCUT2D eigenvalue weighted by atomic mass is 35.5. The van der Waals surface area contributed by atoms with Crippen molar-refractivity contribution in [3.05, 3.63) is 51.5 Å². The Morgan fingerprint density at radius 2 is 1.71 bits per heavy atom. The third-order valence-corrected chi connectivity index (χ3v) is 5.35. The molecule has 0 aliphatic heterocycles. The average Bonchev–Trinajstić information content (AvgIpc) is 2.39. The van der Waals surface area contributed by atoms with Crippen LogP contribution in [-0.4, -0.2) is 8.42 Å². The van der Waals surface area contributed by atoms with Gasteiger partial charge in [-0.2, -0.15) is 0 Å². The fourth-order valence-electron chi connectivity index (χ4n) is 1.83. The van der Waals surface area contributed by atoms with Crippen molar-refractivity contribution in [3.8, 4) is 0 Å². The van der Waals surface area contributed by atoms with Gasteiger partial charge in [0, 0.05) is 0 Å². The molecule has 2 rings (SSSR count). The van der Waals surface area contributed by atoms with Gasteiger partial charge >= 0.3 is 0 Å². The standard InChI is InChI=1S/C14H14Cl2N2O2S/c1-8-6-11(17)13(7-9(8)2)21(19,20)18-12-5-3-4-10(15)14(12)16/h3-7,18H,17H2,1-2H3. The van der Waals surface area contributed by atoms with E-state index in [-0.39, 0.29) is 26.3 Å². The summed E-state index contributed by atoms with van der Waals surface area (Å²) in [6.45, 7) is 3.68. The molecule has 2 aromatic rings. The minimum atomic E-state index is -3.84. The predicted octanol–water partition coefficient (Wildman–Crippen LogP) is 3.99. The van der Waals surface area contributed by atoms with Gasteiger partial charge in [0.1, 0.15) is 4.90 Å². The monoisotopic (exact) mass is 344 g/mol. The van der Waals surface area contributed by atoms with Crippen molar-refractivity contribution in [2.75, 3.05) is 10.5 Å². The fourth-order valence-corrected chi connectivity index (χ4v) is 3.50. The summed E-state index contributed by atoms with van der Waals surface area (Å²) in [5.41, 5.74) is 7.97. The molecule has 0 atom stereocenters. The number of benzene rings is 2. The molecule has 0 unspecified atom stereocenters. The van der Waals surface area contributed by atoms with Crippen LogP contribution in [-0.2, 0) is 10.0 Å². The molecule has 0 bridgehead atoms. The molecule has 0 aliphatic carbocycles. The number of hydrogen-bond donors (Lipinski definition) is 2. The Kier molecular flexibility index (Phi) is 4.37. The number of halogens is 2. The van der Waals surface area contributed by atoms with E-state index in [4.69, 9.17) is 28.9 Å². The van der Waals surface area contributed by atoms with Crippen LogP contribution in [0.3, 0.4) is 0 Å². The molecular weight excluding hydrogens is 331 g/mol. The highest BCUT2D eigenvalue weighted by Crippen LogP contribution is 2.32. The molecule has 112 valence electrons. The van der Waals surface area contributed by atoms with E-state index in [9.17, 15) is 8.42 Å². The van der Waals surface area contributed by atoms with Gasteiger partial charge in [0.25, 0.3) is 10.0 Å². The van der Waals surface area contributed by atoms with Crippen LogP contribution in [0.25, 0.3) is 0 Å². The largest absolute Gasteiger partial charge is 0.398 e. The van der Waals surface area contributed by atoms with Crippen LogP contribution in [0.15, 0.2) is 35.2 Å². The van der Waals surface area contributed by atoms with Crippen molar-refractivity contribution in [3.63, 3.8) is 0 Å². The number of nitrogens with two attached hydrogens (primary N) is 1. The maximum absolute atomic E-state index is 12.5. The maximum atomic E-state index is 12.5. The molecule has 0 aromatic heterocycles. The second-order valence-electron chi connectivity index (χ2n) is 4.68. The van der Waals surface area contributed by atoms with E-state index >= 15 is 0 Å². The zero-order chi connectivity index (χ0) is 15.8. The zero-order valence-corrected chi connectivity index (χ0v) is 13.8. The molecular formula is C14H14Cl2N2O2S. The third kappa shape index (κ3) is 3.26. The molecule has 0 saturated carbocycles. The average molecular weight is 345 g/mol. The number of nitrogen functional groups attached to an aromatic ring is 1. The number of sulfonamides is 1. The molecule has 0 spiro atoms. The van der Waals surface area contributed by atoms with E-state index in [0.717, 1.165) is 11.1 Å². The van der Waals surface area contributed by atoms with E-state index < -0.39 is 10.0 Å². The van der Waals surface area contributed by atoms with Gasteiger partial charge in [-0.25, -0.2) is 8.42 Å². The summed E-state index contributed by atoms with van der Waals surface area (Å²) in [5.74, 6) is 0. The number of rotatable bonds is 3. The lowest BCUT2D eigenvalue weighted by atomic mass is 10.1. The Bertz CT molecular complexity index is 805. The predicted molar refractivity (Wildman–Crippen MR) is 87.6 cm³/mol. The van der Waals surface area contributed by atoms with E-state index in [0.29, 0.717) is 0 Å². The Hall–Kier alpha value is -1.43. The molecule has 21 heavy (non-hydrogen) atoms. The lowest BCUT2D eigenvalue weighted by Gasteiger charge is -2.13. The highest BCUT2D eigenvalue weighted by molar-refractivity contribution is 7.92. The van der Waals surface area contributed by atoms with Crippen molar-refractivity contribution in [1.82, 2.24) is 0 Å². The van der Waals surface area contributed by atoms with Crippen LogP contribution in [0.2, 0.25) is 10.0 Å². The SMILES string of the molecule is Cc1cc(N)c(S(=O)(=O)Nc2cccc(Cl)c2Cl)cc1C. The first-order valence-electron chi connectivity index (χ1n) is 6.06. The summed E-state index contributed by atoms with van der Waals surface area (Å²) in [4.78, 5) is 0.0154. The summed E-state index contributed by atoms with van der Waals surface area (Å²) >= 11 is 11.9. The molecule has 4 nitrogen and oxygen atoms in total. The summed E-state index contributed by atoms with van der Waals surface area (Å²) in [7, 11) is -3.84. The molecule has 7 heteroatoms. The first kappa shape index (κ1) is 15.9. The summed E-state index contributed by atoms with van der Waals surface area (Å²) in [5, 5.41) is 0.412. The van der Waals surface area contributed by atoms with E-state index in [1.807, 2.05) is 13.8 Å². The maximum Gasteiger partial charge on any atom is 0.264 e. The number of nitrogens with one attached hydrogen (secondary N) is 1.